The van der Waals surface area contributed by atoms with Gasteiger partial charge in [-0.15, -0.1) is 0 Å². The zero-order valence-corrected chi connectivity index (χ0v) is 18.9. The molecule has 0 spiro atoms. The fraction of sp³-hybridized carbons (Fsp3) is 0.348. The van der Waals surface area contributed by atoms with Crippen LogP contribution in [0.2, 0.25) is 0 Å². The number of ether oxygens (including phenoxy) is 1. The molecule has 10 heteroatoms. The zero-order valence-electron chi connectivity index (χ0n) is 18.0. The monoisotopic (exact) mass is 470 g/mol. The Hall–Kier alpha value is -2.71. The Bertz CT molecular complexity index is 1440. The summed E-state index contributed by atoms with van der Waals surface area (Å²) < 4.78 is 31.5. The predicted octanol–water partition coefficient (Wildman–Crippen LogP) is 3.34. The highest BCUT2D eigenvalue weighted by Gasteiger charge is 2.38. The number of cyclic esters (lactones) is 1. The third-order valence-electron chi connectivity index (χ3n) is 6.87. The first kappa shape index (κ1) is 20.9. The lowest BCUT2D eigenvalue weighted by Gasteiger charge is -2.25. The smallest absolute Gasteiger partial charge is 0.340 e. The van der Waals surface area contributed by atoms with Crippen LogP contribution < -0.4 is 5.56 Å². The van der Waals surface area contributed by atoms with Crippen LogP contribution in [0.3, 0.4) is 0 Å². The van der Waals surface area contributed by atoms with Gasteiger partial charge in [0.1, 0.15) is 12.4 Å². The van der Waals surface area contributed by atoms with Crippen LogP contribution in [-0.2, 0) is 44.6 Å². The van der Waals surface area contributed by atoms with Crippen LogP contribution in [0.5, 0.6) is 0 Å². The van der Waals surface area contributed by atoms with E-state index in [0.717, 1.165) is 41.3 Å². The van der Waals surface area contributed by atoms with Gasteiger partial charge >= 0.3 is 14.6 Å². The van der Waals surface area contributed by atoms with E-state index in [9.17, 15) is 18.9 Å². The molecule has 0 bridgehead atoms. The van der Waals surface area contributed by atoms with Crippen molar-refractivity contribution in [3.63, 3.8) is 0 Å². The van der Waals surface area contributed by atoms with Gasteiger partial charge in [-0.2, -0.15) is 0 Å². The second-order valence-corrected chi connectivity index (χ2v) is 9.55. The molecule has 4 heterocycles. The van der Waals surface area contributed by atoms with Gasteiger partial charge in [0, 0.05) is 29.7 Å². The zero-order chi connectivity index (χ0) is 23.0. The molecular weight excluding hydrogens is 450 g/mol. The lowest BCUT2D eigenvalue weighted by atomic mass is 9.85. The number of rotatable bonds is 3. The van der Waals surface area contributed by atoms with Crippen LogP contribution in [0, 0.1) is 12.7 Å². The number of carbonyl (C=O) groups excluding carboxylic acids is 1. The molecule has 170 valence electrons. The Labute approximate surface area is 188 Å². The van der Waals surface area contributed by atoms with Gasteiger partial charge in [-0.25, -0.2) is 14.2 Å². The number of benzene rings is 1. The van der Waals surface area contributed by atoms with Crippen LogP contribution in [0.25, 0.3) is 22.3 Å². The molecule has 2 aromatic heterocycles. The highest BCUT2D eigenvalue weighted by Crippen LogP contribution is 2.44. The van der Waals surface area contributed by atoms with Gasteiger partial charge in [0.05, 0.1) is 29.0 Å². The van der Waals surface area contributed by atoms with Gasteiger partial charge in [0.2, 0.25) is 0 Å². The molecule has 2 unspecified atom stereocenters. The van der Waals surface area contributed by atoms with Crippen molar-refractivity contribution in [2.45, 2.75) is 45.4 Å². The first-order valence-electron chi connectivity index (χ1n) is 10.7. The van der Waals surface area contributed by atoms with Crippen LogP contribution in [-0.4, -0.2) is 27.5 Å². The Balaban J connectivity index is 1.60. The number of nitrogens with zero attached hydrogens (tertiary/aromatic N) is 2. The van der Waals surface area contributed by atoms with E-state index in [2.05, 4.69) is 0 Å². The van der Waals surface area contributed by atoms with Crippen molar-refractivity contribution in [3.8, 4) is 11.4 Å². The molecule has 0 saturated heterocycles. The first-order chi connectivity index (χ1) is 15.9. The van der Waals surface area contributed by atoms with Crippen molar-refractivity contribution in [1.29, 1.82) is 0 Å². The summed E-state index contributed by atoms with van der Waals surface area (Å²) in [6, 6.07) is 3.16. The molecule has 2 aliphatic heterocycles. The number of pyridine rings is 2. The topological polar surface area (TPSA) is 99.9 Å². The van der Waals surface area contributed by atoms with Crippen molar-refractivity contribution >= 4 is 25.5 Å². The lowest BCUT2D eigenvalue weighted by Crippen LogP contribution is -2.33. The minimum atomic E-state index is -2.32. The second-order valence-electron chi connectivity index (χ2n) is 8.50. The Morgan fingerprint density at radius 2 is 2.00 bits per heavy atom. The van der Waals surface area contributed by atoms with Crippen LogP contribution in [0.15, 0.2) is 16.9 Å². The average molecular weight is 470 g/mol. The average Bonchev–Trinajstić information content (AvgIpc) is 3.18. The van der Waals surface area contributed by atoms with E-state index >= 15 is 0 Å². The molecule has 1 N–H and O–H groups in total. The lowest BCUT2D eigenvalue weighted by molar-refractivity contribution is -0.156. The van der Waals surface area contributed by atoms with Crippen LogP contribution in [0.1, 0.15) is 45.9 Å². The molecule has 1 aliphatic carbocycles. The minimum absolute atomic E-state index is 0.170. The van der Waals surface area contributed by atoms with E-state index in [1.807, 2.05) is 0 Å². The molecule has 0 saturated carbocycles. The normalized spacial score (nSPS) is 19.2. The molecule has 1 aromatic carbocycles. The largest absolute Gasteiger partial charge is 0.458 e. The summed E-state index contributed by atoms with van der Waals surface area (Å²) in [5, 5.41) is 0.996. The number of aryl methyl sites for hydroxylation is 2. The van der Waals surface area contributed by atoms with E-state index in [1.165, 1.54) is 13.2 Å². The first-order valence-corrected chi connectivity index (χ1v) is 11.8. The summed E-state index contributed by atoms with van der Waals surface area (Å²) in [7, 11) is -1.07. The molecule has 0 fully saturated rings. The molecule has 0 radical (unpaired) electrons. The third kappa shape index (κ3) is 2.93. The highest BCUT2D eigenvalue weighted by molar-refractivity contribution is 7.40. The number of hydrogen-bond acceptors (Lipinski definition) is 7. The number of fused-ring (bicyclic) bond motifs is 5. The second kappa shape index (κ2) is 7.40. The fourth-order valence-electron chi connectivity index (χ4n) is 5.28. The number of esters is 1. The van der Waals surface area contributed by atoms with Crippen LogP contribution in [0.4, 0.5) is 4.39 Å². The van der Waals surface area contributed by atoms with E-state index in [0.29, 0.717) is 40.1 Å². The quantitative estimate of drug-likeness (QED) is 0.362. The Morgan fingerprint density at radius 3 is 2.79 bits per heavy atom. The predicted molar refractivity (Wildman–Crippen MR) is 117 cm³/mol. The minimum Gasteiger partial charge on any atom is -0.458 e. The summed E-state index contributed by atoms with van der Waals surface area (Å²) in [5.41, 5.74) is 5.79. The van der Waals surface area contributed by atoms with Crippen molar-refractivity contribution in [2.24, 2.45) is 0 Å². The number of hydrogen-bond donors (Lipinski definition) is 1. The van der Waals surface area contributed by atoms with E-state index in [1.54, 1.807) is 17.6 Å². The standard InChI is InChI=1S/C23H20FN2O6P/c1-10-11-4-3-5-12-14-8-26-18(20(14)25-17(19(11)12)7-16(10)24)6-13-15(22(26)27)9-31-23(28)21(13)32-33(29)30-2/h6-7,21,29H,3-5,8-9H2,1-2H3. The molecule has 0 amide bonds. The highest BCUT2D eigenvalue weighted by atomic mass is 31.2. The summed E-state index contributed by atoms with van der Waals surface area (Å²) in [4.78, 5) is 40.4. The van der Waals surface area contributed by atoms with Gasteiger partial charge < -0.3 is 18.7 Å². The summed E-state index contributed by atoms with van der Waals surface area (Å²) in [5.74, 6) is -0.988. The van der Waals surface area contributed by atoms with Crippen molar-refractivity contribution in [2.75, 3.05) is 7.11 Å². The van der Waals surface area contributed by atoms with E-state index < -0.39 is 20.7 Å². The summed E-state index contributed by atoms with van der Waals surface area (Å²) in [6.45, 7) is 1.98. The molecule has 3 aromatic rings. The summed E-state index contributed by atoms with van der Waals surface area (Å²) in [6.07, 6.45) is 1.26. The third-order valence-corrected chi connectivity index (χ3v) is 7.57. The van der Waals surface area contributed by atoms with Gasteiger partial charge in [0.25, 0.3) is 5.56 Å². The maximum Gasteiger partial charge on any atom is 0.340 e. The fourth-order valence-corrected chi connectivity index (χ4v) is 5.75. The SMILES string of the molecule is COP(O)OC1C(=O)OCc2c1cc1n(c2=O)Cc2c-1nc1cc(F)c(C)c3c1c2CCC3. The molecular formula is C23H20FN2O6P. The molecule has 33 heavy (non-hydrogen) atoms. The number of halogens is 1. The van der Waals surface area contributed by atoms with Crippen LogP contribution >= 0.6 is 8.60 Å². The summed E-state index contributed by atoms with van der Waals surface area (Å²) >= 11 is 0. The van der Waals surface area contributed by atoms with Gasteiger partial charge in [0.15, 0.2) is 6.10 Å². The Morgan fingerprint density at radius 1 is 1.21 bits per heavy atom. The van der Waals surface area contributed by atoms with Crippen molar-refractivity contribution < 1.29 is 27.9 Å². The number of carbonyl (C=O) groups is 1. The molecule has 2 atom stereocenters. The molecule has 3 aliphatic rings. The molecule has 6 rings (SSSR count). The Kier molecular flexibility index (Phi) is 4.68. The molecule has 8 nitrogen and oxygen atoms in total. The number of aromatic nitrogens is 2. The van der Waals surface area contributed by atoms with E-state index in [4.69, 9.17) is 18.8 Å². The maximum atomic E-state index is 14.6. The van der Waals surface area contributed by atoms with Crippen molar-refractivity contribution in [3.05, 3.63) is 61.7 Å². The van der Waals surface area contributed by atoms with Gasteiger partial charge in [-0.3, -0.25) is 9.32 Å². The maximum absolute atomic E-state index is 14.6. The van der Waals surface area contributed by atoms with Crippen molar-refractivity contribution in [1.82, 2.24) is 9.55 Å². The van der Waals surface area contributed by atoms with E-state index in [-0.39, 0.29) is 18.0 Å². The van der Waals surface area contributed by atoms with Gasteiger partial charge in [-0.05, 0) is 48.9 Å². The van der Waals surface area contributed by atoms with Gasteiger partial charge in [-0.1, -0.05) is 0 Å².